The summed E-state index contributed by atoms with van der Waals surface area (Å²) in [5, 5.41) is 4.01. The predicted octanol–water partition coefficient (Wildman–Crippen LogP) is 2.88. The van der Waals surface area contributed by atoms with Gasteiger partial charge >= 0.3 is 0 Å². The normalized spacial score (nSPS) is 18.3. The molecule has 23 heavy (non-hydrogen) atoms. The molecule has 1 unspecified atom stereocenters. The number of halogens is 1. The van der Waals surface area contributed by atoms with Gasteiger partial charge in [-0.1, -0.05) is 24.2 Å². The van der Waals surface area contributed by atoms with Gasteiger partial charge in [-0.15, -0.1) is 0 Å². The van der Waals surface area contributed by atoms with Crippen LogP contribution in [0.4, 0.5) is 4.39 Å². The average Bonchev–Trinajstić information content (AvgIpc) is 3.07. The van der Waals surface area contributed by atoms with Gasteiger partial charge in [0.15, 0.2) is 0 Å². The number of aryl methyl sites for hydroxylation is 1. The van der Waals surface area contributed by atoms with Crippen LogP contribution < -0.4 is 0 Å². The van der Waals surface area contributed by atoms with E-state index in [2.05, 4.69) is 33.8 Å². The molecule has 1 aromatic heterocycles. The zero-order valence-electron chi connectivity index (χ0n) is 13.9. The monoisotopic (exact) mass is 318 g/mol. The third-order valence-electron chi connectivity index (χ3n) is 4.63. The molecular formula is C17H23FN4O. The van der Waals surface area contributed by atoms with Crippen LogP contribution in [0.3, 0.4) is 0 Å². The fraction of sp³-hybridized carbons (Fsp3) is 0.529. The van der Waals surface area contributed by atoms with Crippen molar-refractivity contribution < 1.29 is 8.91 Å². The molecule has 124 valence electrons. The highest BCUT2D eigenvalue weighted by Gasteiger charge is 2.25. The topological polar surface area (TPSA) is 45.4 Å². The first-order chi connectivity index (χ1) is 11.1. The molecule has 1 saturated heterocycles. The molecule has 3 rings (SSSR count). The highest BCUT2D eigenvalue weighted by atomic mass is 19.1. The van der Waals surface area contributed by atoms with Crippen LogP contribution in [0, 0.1) is 12.7 Å². The van der Waals surface area contributed by atoms with E-state index in [0.29, 0.717) is 22.8 Å². The molecule has 0 aliphatic carbocycles. The summed E-state index contributed by atoms with van der Waals surface area (Å²) < 4.78 is 19.1. The largest absolute Gasteiger partial charge is 0.337 e. The zero-order chi connectivity index (χ0) is 16.4. The quantitative estimate of drug-likeness (QED) is 0.867. The molecule has 1 aliphatic heterocycles. The summed E-state index contributed by atoms with van der Waals surface area (Å²) >= 11 is 0. The van der Waals surface area contributed by atoms with Gasteiger partial charge in [-0.2, -0.15) is 4.98 Å². The molecule has 1 aromatic carbocycles. The Morgan fingerprint density at radius 2 is 2.00 bits per heavy atom. The first kappa shape index (κ1) is 16.1. The standard InChI is InChI=1S/C17H23FN4O/c1-4-21-7-9-22(10-8-21)13(3)17-19-16(20-23-17)14-6-5-12(2)15(18)11-14/h5-6,11,13H,4,7-10H2,1-3H3. The molecule has 0 saturated carbocycles. The van der Waals surface area contributed by atoms with Crippen molar-refractivity contribution in [1.29, 1.82) is 0 Å². The van der Waals surface area contributed by atoms with Gasteiger partial charge in [-0.05, 0) is 32.0 Å². The van der Waals surface area contributed by atoms with Crippen molar-refractivity contribution in [1.82, 2.24) is 19.9 Å². The molecule has 5 nitrogen and oxygen atoms in total. The Morgan fingerprint density at radius 1 is 1.26 bits per heavy atom. The summed E-state index contributed by atoms with van der Waals surface area (Å²) in [5.74, 6) is 0.779. The van der Waals surface area contributed by atoms with Crippen molar-refractivity contribution in [2.45, 2.75) is 26.8 Å². The maximum atomic E-state index is 13.7. The van der Waals surface area contributed by atoms with E-state index in [-0.39, 0.29) is 11.9 Å². The highest BCUT2D eigenvalue weighted by Crippen LogP contribution is 2.24. The van der Waals surface area contributed by atoms with Crippen LogP contribution in [0.2, 0.25) is 0 Å². The van der Waals surface area contributed by atoms with E-state index < -0.39 is 0 Å². The van der Waals surface area contributed by atoms with Crippen molar-refractivity contribution in [2.24, 2.45) is 0 Å². The average molecular weight is 318 g/mol. The molecule has 2 aromatic rings. The third-order valence-corrected chi connectivity index (χ3v) is 4.63. The number of likely N-dealkylation sites (N-methyl/N-ethyl adjacent to an activating group) is 1. The summed E-state index contributed by atoms with van der Waals surface area (Å²) in [7, 11) is 0. The number of benzene rings is 1. The van der Waals surface area contributed by atoms with Crippen molar-refractivity contribution in [3.05, 3.63) is 35.5 Å². The van der Waals surface area contributed by atoms with Gasteiger partial charge in [0.05, 0.1) is 6.04 Å². The van der Waals surface area contributed by atoms with E-state index in [0.717, 1.165) is 32.7 Å². The zero-order valence-corrected chi connectivity index (χ0v) is 13.9. The molecule has 2 heterocycles. The van der Waals surface area contributed by atoms with Gasteiger partial charge in [0.1, 0.15) is 5.82 Å². The highest BCUT2D eigenvalue weighted by molar-refractivity contribution is 5.54. The third kappa shape index (κ3) is 3.43. The number of nitrogens with zero attached hydrogens (tertiary/aromatic N) is 4. The molecule has 0 N–H and O–H groups in total. The van der Waals surface area contributed by atoms with Crippen LogP contribution in [0.25, 0.3) is 11.4 Å². The van der Waals surface area contributed by atoms with E-state index in [4.69, 9.17) is 4.52 Å². The summed E-state index contributed by atoms with van der Waals surface area (Å²) in [6, 6.07) is 5.08. The molecule has 0 bridgehead atoms. The molecule has 6 heteroatoms. The van der Waals surface area contributed by atoms with E-state index >= 15 is 0 Å². The van der Waals surface area contributed by atoms with Gasteiger partial charge in [0.2, 0.25) is 11.7 Å². The van der Waals surface area contributed by atoms with Crippen LogP contribution in [0.15, 0.2) is 22.7 Å². The summed E-state index contributed by atoms with van der Waals surface area (Å²) in [4.78, 5) is 9.24. The van der Waals surface area contributed by atoms with Crippen LogP contribution in [-0.4, -0.2) is 52.7 Å². The molecular weight excluding hydrogens is 295 g/mol. The summed E-state index contributed by atoms with van der Waals surface area (Å²) in [5.41, 5.74) is 1.26. The van der Waals surface area contributed by atoms with E-state index in [1.807, 2.05) is 6.07 Å². The molecule has 0 spiro atoms. The van der Waals surface area contributed by atoms with Crippen LogP contribution in [0.5, 0.6) is 0 Å². The van der Waals surface area contributed by atoms with Crippen molar-refractivity contribution in [3.63, 3.8) is 0 Å². The number of aromatic nitrogens is 2. The second-order valence-electron chi connectivity index (χ2n) is 6.07. The number of hydrogen-bond donors (Lipinski definition) is 0. The Balaban J connectivity index is 1.72. The number of rotatable bonds is 4. The lowest BCUT2D eigenvalue weighted by Gasteiger charge is -2.36. The first-order valence-corrected chi connectivity index (χ1v) is 8.15. The summed E-state index contributed by atoms with van der Waals surface area (Å²) in [6.45, 7) is 11.2. The van der Waals surface area contributed by atoms with E-state index in [9.17, 15) is 4.39 Å². The predicted molar refractivity (Wildman–Crippen MR) is 86.5 cm³/mol. The van der Waals surface area contributed by atoms with E-state index in [1.54, 1.807) is 13.0 Å². The van der Waals surface area contributed by atoms with Gasteiger partial charge in [0.25, 0.3) is 0 Å². The number of hydrogen-bond acceptors (Lipinski definition) is 5. The Hall–Kier alpha value is -1.79. The fourth-order valence-electron chi connectivity index (χ4n) is 2.88. The minimum absolute atomic E-state index is 0.0746. The molecule has 1 fully saturated rings. The molecule has 0 amide bonds. The SMILES string of the molecule is CCN1CCN(C(C)c2nc(-c3ccc(C)c(F)c3)no2)CC1. The lowest BCUT2D eigenvalue weighted by Crippen LogP contribution is -2.46. The Bertz CT molecular complexity index is 664. The molecule has 0 radical (unpaired) electrons. The smallest absolute Gasteiger partial charge is 0.244 e. The summed E-state index contributed by atoms with van der Waals surface area (Å²) in [6.07, 6.45) is 0. The lowest BCUT2D eigenvalue weighted by molar-refractivity contribution is 0.0914. The number of piperazine rings is 1. The van der Waals surface area contributed by atoms with Crippen molar-refractivity contribution in [3.8, 4) is 11.4 Å². The van der Waals surface area contributed by atoms with Crippen LogP contribution in [-0.2, 0) is 0 Å². The Kier molecular flexibility index (Phi) is 4.73. The second kappa shape index (κ2) is 6.76. The second-order valence-corrected chi connectivity index (χ2v) is 6.07. The van der Waals surface area contributed by atoms with E-state index in [1.165, 1.54) is 6.07 Å². The van der Waals surface area contributed by atoms with Gasteiger partial charge in [-0.25, -0.2) is 4.39 Å². The Morgan fingerprint density at radius 3 is 2.65 bits per heavy atom. The Labute approximate surface area is 136 Å². The van der Waals surface area contributed by atoms with Gasteiger partial charge in [0, 0.05) is 31.7 Å². The minimum Gasteiger partial charge on any atom is -0.337 e. The van der Waals surface area contributed by atoms with Crippen molar-refractivity contribution >= 4 is 0 Å². The maximum Gasteiger partial charge on any atom is 0.244 e. The molecule has 1 atom stereocenters. The first-order valence-electron chi connectivity index (χ1n) is 8.15. The van der Waals surface area contributed by atoms with Crippen molar-refractivity contribution in [2.75, 3.05) is 32.7 Å². The van der Waals surface area contributed by atoms with Crippen LogP contribution >= 0.6 is 0 Å². The van der Waals surface area contributed by atoms with Gasteiger partial charge in [-0.3, -0.25) is 4.90 Å². The molecule has 1 aliphatic rings. The van der Waals surface area contributed by atoms with Gasteiger partial charge < -0.3 is 9.42 Å². The lowest BCUT2D eigenvalue weighted by atomic mass is 10.1. The maximum absolute atomic E-state index is 13.7. The fourth-order valence-corrected chi connectivity index (χ4v) is 2.88. The van der Waals surface area contributed by atoms with Crippen LogP contribution in [0.1, 0.15) is 31.3 Å². The minimum atomic E-state index is -0.252.